The highest BCUT2D eigenvalue weighted by molar-refractivity contribution is 7.16. The Kier molecular flexibility index (Phi) is 3.72. The Morgan fingerprint density at radius 3 is 2.70 bits per heavy atom. The van der Waals surface area contributed by atoms with E-state index in [9.17, 15) is 9.59 Å². The van der Waals surface area contributed by atoms with Crippen LogP contribution >= 0.6 is 11.3 Å². The molecule has 8 nitrogen and oxygen atoms in total. The van der Waals surface area contributed by atoms with Gasteiger partial charge in [-0.3, -0.25) is 9.48 Å². The number of ether oxygens (including phenoxy) is 1. The van der Waals surface area contributed by atoms with Crippen LogP contribution in [0, 0.1) is 20.8 Å². The quantitative estimate of drug-likeness (QED) is 0.668. The fraction of sp³-hybridized carbons (Fsp3) is 0.357. The maximum atomic E-state index is 12.2. The lowest BCUT2D eigenvalue weighted by molar-refractivity contribution is 0.0469. The van der Waals surface area contributed by atoms with E-state index in [0.29, 0.717) is 26.9 Å². The van der Waals surface area contributed by atoms with Crippen molar-refractivity contribution in [3.8, 4) is 0 Å². The van der Waals surface area contributed by atoms with Crippen LogP contribution in [0.1, 0.15) is 32.4 Å². The molecule has 0 aliphatic carbocycles. The number of carbonyl (C=O) groups excluding carboxylic acids is 1. The summed E-state index contributed by atoms with van der Waals surface area (Å²) in [4.78, 5) is 28.8. The summed E-state index contributed by atoms with van der Waals surface area (Å²) >= 11 is 1.22. The second-order valence-corrected chi connectivity index (χ2v) is 6.21. The normalized spacial score (nSPS) is 11.1. The third-order valence-electron chi connectivity index (χ3n) is 3.45. The molecule has 0 saturated heterocycles. The zero-order valence-electron chi connectivity index (χ0n) is 13.2. The molecule has 3 aromatic heterocycles. The maximum absolute atomic E-state index is 12.2. The van der Waals surface area contributed by atoms with Gasteiger partial charge in [-0.15, -0.1) is 0 Å². The van der Waals surface area contributed by atoms with Crippen LogP contribution in [0.5, 0.6) is 0 Å². The molecule has 0 atom stereocenters. The summed E-state index contributed by atoms with van der Waals surface area (Å²) in [5, 5.41) is 8.83. The van der Waals surface area contributed by atoms with Crippen molar-refractivity contribution in [2.45, 2.75) is 27.4 Å². The van der Waals surface area contributed by atoms with Crippen LogP contribution in [-0.2, 0) is 18.4 Å². The van der Waals surface area contributed by atoms with E-state index in [4.69, 9.17) is 4.74 Å². The Morgan fingerprint density at radius 2 is 2.04 bits per heavy atom. The monoisotopic (exact) mass is 333 g/mol. The number of nitrogens with zero attached hydrogens (tertiary/aromatic N) is 5. The van der Waals surface area contributed by atoms with E-state index in [0.717, 1.165) is 5.69 Å². The van der Waals surface area contributed by atoms with Crippen LogP contribution in [0.2, 0.25) is 0 Å². The van der Waals surface area contributed by atoms with Gasteiger partial charge in [-0.1, -0.05) is 11.3 Å². The smallest absolute Gasteiger partial charge is 0.342 e. The first-order valence-corrected chi connectivity index (χ1v) is 7.72. The maximum Gasteiger partial charge on any atom is 0.342 e. The van der Waals surface area contributed by atoms with Gasteiger partial charge in [-0.25, -0.2) is 9.78 Å². The predicted molar refractivity (Wildman–Crippen MR) is 83.7 cm³/mol. The van der Waals surface area contributed by atoms with E-state index in [1.807, 2.05) is 0 Å². The van der Waals surface area contributed by atoms with E-state index in [-0.39, 0.29) is 12.2 Å². The molecule has 0 aliphatic heterocycles. The third kappa shape index (κ3) is 2.74. The van der Waals surface area contributed by atoms with Gasteiger partial charge in [0.25, 0.3) is 5.56 Å². The number of hydrogen-bond acceptors (Lipinski definition) is 7. The third-order valence-corrected chi connectivity index (χ3v) is 4.34. The molecular weight excluding hydrogens is 318 g/mol. The van der Waals surface area contributed by atoms with Gasteiger partial charge in [-0.2, -0.15) is 14.7 Å². The van der Waals surface area contributed by atoms with Gasteiger partial charge < -0.3 is 4.74 Å². The molecule has 3 heterocycles. The lowest BCUT2D eigenvalue weighted by atomic mass is 10.2. The van der Waals surface area contributed by atoms with E-state index in [1.165, 1.54) is 21.9 Å². The lowest BCUT2D eigenvalue weighted by Gasteiger charge is -2.02. The van der Waals surface area contributed by atoms with Crippen LogP contribution < -0.4 is 5.56 Å². The molecule has 0 fully saturated rings. The Labute approximate surface area is 135 Å². The Hall–Kier alpha value is -2.55. The number of esters is 1. The molecule has 0 saturated carbocycles. The summed E-state index contributed by atoms with van der Waals surface area (Å²) in [7, 11) is 1.77. The summed E-state index contributed by atoms with van der Waals surface area (Å²) in [5.74, 6) is -0.455. The summed E-state index contributed by atoms with van der Waals surface area (Å²) in [6, 6.07) is 1.41. The van der Waals surface area contributed by atoms with Gasteiger partial charge in [-0.05, 0) is 20.8 Å². The van der Waals surface area contributed by atoms with Crippen molar-refractivity contribution in [2.24, 2.45) is 7.05 Å². The highest BCUT2D eigenvalue weighted by atomic mass is 32.1. The minimum absolute atomic E-state index is 0.0148. The Morgan fingerprint density at radius 1 is 1.30 bits per heavy atom. The zero-order valence-corrected chi connectivity index (χ0v) is 14.0. The van der Waals surface area contributed by atoms with Crippen molar-refractivity contribution in [3.05, 3.63) is 44.1 Å². The molecule has 120 valence electrons. The summed E-state index contributed by atoms with van der Waals surface area (Å²) in [5.41, 5.74) is 2.20. The molecule has 0 amide bonds. The van der Waals surface area contributed by atoms with E-state index < -0.39 is 5.97 Å². The van der Waals surface area contributed by atoms with Crippen molar-refractivity contribution in [1.82, 2.24) is 24.4 Å². The zero-order chi connectivity index (χ0) is 16.7. The van der Waals surface area contributed by atoms with Crippen molar-refractivity contribution in [3.63, 3.8) is 0 Å². The lowest BCUT2D eigenvalue weighted by Crippen LogP contribution is -2.14. The molecule has 0 bridgehead atoms. The molecule has 3 aromatic rings. The number of carbonyl (C=O) groups is 1. The molecule has 0 aromatic carbocycles. The first-order chi connectivity index (χ1) is 10.9. The average Bonchev–Trinajstić information content (AvgIpc) is 2.98. The van der Waals surface area contributed by atoms with Crippen LogP contribution in [0.15, 0.2) is 10.9 Å². The SMILES string of the molecule is Cc1cc(=O)n2nc(COC(=O)c3c(C)nn(C)c3C)sc2n1. The predicted octanol–water partition coefficient (Wildman–Crippen LogP) is 1.17. The average molecular weight is 333 g/mol. The second-order valence-electron chi connectivity index (χ2n) is 5.17. The molecule has 3 rings (SSSR count). The second kappa shape index (κ2) is 5.58. The fourth-order valence-electron chi connectivity index (χ4n) is 2.29. The van der Waals surface area contributed by atoms with Gasteiger partial charge >= 0.3 is 5.97 Å². The van der Waals surface area contributed by atoms with Crippen LogP contribution in [0.25, 0.3) is 4.96 Å². The fourth-order valence-corrected chi connectivity index (χ4v) is 3.14. The molecule has 0 radical (unpaired) electrons. The van der Waals surface area contributed by atoms with Gasteiger partial charge in [0.2, 0.25) is 4.96 Å². The Bertz CT molecular complexity index is 969. The minimum Gasteiger partial charge on any atom is -0.455 e. The number of rotatable bonds is 3. The number of fused-ring (bicyclic) bond motifs is 1. The molecule has 0 spiro atoms. The number of hydrogen-bond donors (Lipinski definition) is 0. The largest absolute Gasteiger partial charge is 0.455 e. The Balaban J connectivity index is 1.82. The van der Waals surface area contributed by atoms with Gasteiger partial charge in [0.05, 0.1) is 5.69 Å². The van der Waals surface area contributed by atoms with Gasteiger partial charge in [0, 0.05) is 24.5 Å². The van der Waals surface area contributed by atoms with Crippen LogP contribution in [0.3, 0.4) is 0 Å². The first kappa shape index (κ1) is 15.3. The summed E-state index contributed by atoms with van der Waals surface area (Å²) < 4.78 is 8.15. The molecule has 0 aliphatic rings. The van der Waals surface area contributed by atoms with Crippen molar-refractivity contribution in [1.29, 1.82) is 0 Å². The number of aryl methyl sites for hydroxylation is 3. The van der Waals surface area contributed by atoms with Gasteiger partial charge in [0.1, 0.15) is 12.2 Å². The number of aromatic nitrogens is 5. The van der Waals surface area contributed by atoms with E-state index in [2.05, 4.69) is 15.2 Å². The molecule has 0 unspecified atom stereocenters. The van der Waals surface area contributed by atoms with Crippen LogP contribution in [-0.4, -0.2) is 30.3 Å². The highest BCUT2D eigenvalue weighted by Crippen LogP contribution is 2.16. The molecule has 0 N–H and O–H groups in total. The van der Waals surface area contributed by atoms with E-state index in [1.54, 1.807) is 32.5 Å². The van der Waals surface area contributed by atoms with Crippen LogP contribution in [0.4, 0.5) is 0 Å². The van der Waals surface area contributed by atoms with Crippen molar-refractivity contribution < 1.29 is 9.53 Å². The van der Waals surface area contributed by atoms with Crippen molar-refractivity contribution >= 4 is 22.3 Å². The van der Waals surface area contributed by atoms with Gasteiger partial charge in [0.15, 0.2) is 5.01 Å². The topological polar surface area (TPSA) is 91.4 Å². The van der Waals surface area contributed by atoms with Crippen molar-refractivity contribution in [2.75, 3.05) is 0 Å². The van der Waals surface area contributed by atoms with E-state index >= 15 is 0 Å². The molecule has 9 heteroatoms. The molecule has 23 heavy (non-hydrogen) atoms. The molecular formula is C14H15N5O3S. The summed E-state index contributed by atoms with van der Waals surface area (Å²) in [6.45, 7) is 5.29. The standard InChI is InChI=1S/C14H15N5O3S/c1-7-5-11(20)19-14(15-7)23-10(17-19)6-22-13(21)12-8(2)16-18(4)9(12)3/h5H,6H2,1-4H3. The summed E-state index contributed by atoms with van der Waals surface area (Å²) in [6.07, 6.45) is 0. The minimum atomic E-state index is -0.455. The first-order valence-electron chi connectivity index (χ1n) is 6.90. The highest BCUT2D eigenvalue weighted by Gasteiger charge is 2.19.